The van der Waals surface area contributed by atoms with Crippen LogP contribution in [0.15, 0.2) is 34.9 Å². The second-order valence-electron chi connectivity index (χ2n) is 3.90. The highest BCUT2D eigenvalue weighted by Crippen LogP contribution is 2.22. The van der Waals surface area contributed by atoms with E-state index in [4.69, 9.17) is 21.1 Å². The predicted molar refractivity (Wildman–Crippen MR) is 69.8 cm³/mol. The summed E-state index contributed by atoms with van der Waals surface area (Å²) in [6.07, 6.45) is 1.30. The lowest BCUT2D eigenvalue weighted by Crippen LogP contribution is -2.14. The van der Waals surface area contributed by atoms with E-state index >= 15 is 0 Å². The number of carbonyl (C=O) groups is 2. The first-order valence-electron chi connectivity index (χ1n) is 5.36. The van der Waals surface area contributed by atoms with Crippen molar-refractivity contribution in [2.45, 2.75) is 6.92 Å². The first-order valence-corrected chi connectivity index (χ1v) is 5.74. The van der Waals surface area contributed by atoms with Crippen LogP contribution in [-0.2, 0) is 0 Å². The lowest BCUT2D eigenvalue weighted by molar-refractivity contribution is 0.0698. The number of furan rings is 1. The van der Waals surface area contributed by atoms with Crippen molar-refractivity contribution in [3.8, 4) is 0 Å². The molecule has 0 spiro atoms. The molecular formula is C13H10ClNO4. The van der Waals surface area contributed by atoms with Gasteiger partial charge < -0.3 is 14.8 Å². The highest BCUT2D eigenvalue weighted by Gasteiger charge is 2.15. The Hall–Kier alpha value is -2.27. The quantitative estimate of drug-likeness (QED) is 0.904. The molecule has 0 radical (unpaired) electrons. The van der Waals surface area contributed by atoms with Crippen molar-refractivity contribution in [3.05, 3.63) is 52.4 Å². The number of anilines is 1. The molecule has 0 atom stereocenters. The number of benzene rings is 1. The van der Waals surface area contributed by atoms with Crippen LogP contribution < -0.4 is 5.32 Å². The van der Waals surface area contributed by atoms with E-state index < -0.39 is 11.9 Å². The van der Waals surface area contributed by atoms with Crippen molar-refractivity contribution in [3.63, 3.8) is 0 Å². The molecule has 0 aliphatic heterocycles. The molecule has 2 aromatic rings. The van der Waals surface area contributed by atoms with Crippen LogP contribution in [0, 0.1) is 6.92 Å². The van der Waals surface area contributed by atoms with Crippen molar-refractivity contribution in [1.82, 2.24) is 0 Å². The standard InChI is InChI=1S/C13H10ClNO4/c1-7-4-8(6-19-7)12(16)15-11-5-9(14)2-3-10(11)13(17)18/h2-6H,1H3,(H,15,16)(H,17,18). The van der Waals surface area contributed by atoms with Gasteiger partial charge >= 0.3 is 5.97 Å². The Morgan fingerprint density at radius 2 is 2.05 bits per heavy atom. The van der Waals surface area contributed by atoms with E-state index in [0.717, 1.165) is 0 Å². The van der Waals surface area contributed by atoms with E-state index in [-0.39, 0.29) is 11.3 Å². The Labute approximate surface area is 113 Å². The van der Waals surface area contributed by atoms with Crippen LogP contribution in [-0.4, -0.2) is 17.0 Å². The van der Waals surface area contributed by atoms with Crippen LogP contribution in [0.25, 0.3) is 0 Å². The third-order valence-corrected chi connectivity index (χ3v) is 2.69. The number of nitrogens with one attached hydrogen (secondary N) is 1. The predicted octanol–water partition coefficient (Wildman–Crippen LogP) is 3.19. The number of hydrogen-bond acceptors (Lipinski definition) is 3. The van der Waals surface area contributed by atoms with E-state index in [1.165, 1.54) is 24.5 Å². The fraction of sp³-hybridized carbons (Fsp3) is 0.0769. The Bertz CT molecular complexity index is 648. The Balaban J connectivity index is 2.30. The second kappa shape index (κ2) is 5.16. The number of carboxylic acid groups (broad SMARTS) is 1. The number of aryl methyl sites for hydroxylation is 1. The molecule has 2 N–H and O–H groups in total. The first-order chi connectivity index (χ1) is 8.97. The van der Waals surface area contributed by atoms with Crippen LogP contribution in [0.2, 0.25) is 5.02 Å². The molecule has 0 aliphatic carbocycles. The molecule has 98 valence electrons. The average Bonchev–Trinajstić information content (AvgIpc) is 2.75. The number of hydrogen-bond donors (Lipinski definition) is 2. The van der Waals surface area contributed by atoms with Gasteiger partial charge in [0.15, 0.2) is 0 Å². The Kier molecular flexibility index (Phi) is 3.57. The van der Waals surface area contributed by atoms with Gasteiger partial charge in [-0.3, -0.25) is 4.79 Å². The number of carboxylic acids is 1. The van der Waals surface area contributed by atoms with Crippen molar-refractivity contribution in [2.24, 2.45) is 0 Å². The number of carbonyl (C=O) groups excluding carboxylic acids is 1. The summed E-state index contributed by atoms with van der Waals surface area (Å²) >= 11 is 5.79. The largest absolute Gasteiger partial charge is 0.478 e. The minimum atomic E-state index is -1.14. The van der Waals surface area contributed by atoms with Gasteiger partial charge in [0.1, 0.15) is 12.0 Å². The number of amides is 1. The average molecular weight is 280 g/mol. The zero-order valence-electron chi connectivity index (χ0n) is 9.94. The van der Waals surface area contributed by atoms with E-state index in [0.29, 0.717) is 16.3 Å². The van der Waals surface area contributed by atoms with E-state index in [9.17, 15) is 9.59 Å². The van der Waals surface area contributed by atoms with E-state index in [2.05, 4.69) is 5.32 Å². The number of halogens is 1. The van der Waals surface area contributed by atoms with E-state index in [1.54, 1.807) is 13.0 Å². The lowest BCUT2D eigenvalue weighted by Gasteiger charge is -2.07. The van der Waals surface area contributed by atoms with Gasteiger partial charge in [-0.15, -0.1) is 0 Å². The molecule has 0 fully saturated rings. The first kappa shape index (κ1) is 13.2. The summed E-state index contributed by atoms with van der Waals surface area (Å²) in [4.78, 5) is 22.9. The van der Waals surface area contributed by atoms with E-state index in [1.807, 2.05) is 0 Å². The minimum absolute atomic E-state index is 0.0297. The molecule has 6 heteroatoms. The zero-order chi connectivity index (χ0) is 14.0. The molecule has 0 saturated heterocycles. The number of aromatic carboxylic acids is 1. The van der Waals surface area contributed by atoms with Crippen molar-refractivity contribution in [1.29, 1.82) is 0 Å². The summed E-state index contributed by atoms with van der Waals surface area (Å²) in [5, 5.41) is 11.9. The summed E-state index contributed by atoms with van der Waals surface area (Å²) in [6, 6.07) is 5.72. The summed E-state index contributed by atoms with van der Waals surface area (Å²) in [6.45, 7) is 1.71. The molecule has 0 aliphatic rings. The third-order valence-electron chi connectivity index (χ3n) is 2.45. The van der Waals surface area contributed by atoms with Crippen LogP contribution in [0.5, 0.6) is 0 Å². The fourth-order valence-electron chi connectivity index (χ4n) is 1.56. The van der Waals surface area contributed by atoms with Gasteiger partial charge in [-0.25, -0.2) is 4.79 Å². The molecule has 1 aromatic heterocycles. The van der Waals surface area contributed by atoms with Crippen molar-refractivity contribution >= 4 is 29.2 Å². The maximum Gasteiger partial charge on any atom is 0.337 e. The Morgan fingerprint density at radius 3 is 2.63 bits per heavy atom. The van der Waals surface area contributed by atoms with Gasteiger partial charge in [0, 0.05) is 5.02 Å². The molecule has 5 nitrogen and oxygen atoms in total. The van der Waals surface area contributed by atoms with Gasteiger partial charge in [0.05, 0.1) is 16.8 Å². The normalized spacial score (nSPS) is 10.2. The van der Waals surface area contributed by atoms with Gasteiger partial charge in [0.2, 0.25) is 0 Å². The minimum Gasteiger partial charge on any atom is -0.478 e. The number of rotatable bonds is 3. The summed E-state index contributed by atoms with van der Waals surface area (Å²) < 4.78 is 5.02. The Morgan fingerprint density at radius 1 is 1.32 bits per heavy atom. The summed E-state index contributed by atoms with van der Waals surface area (Å²) in [7, 11) is 0. The third kappa shape index (κ3) is 2.95. The second-order valence-corrected chi connectivity index (χ2v) is 4.33. The molecule has 1 aromatic carbocycles. The molecular weight excluding hydrogens is 270 g/mol. The van der Waals surface area contributed by atoms with Gasteiger partial charge in [0.25, 0.3) is 5.91 Å². The molecule has 0 unspecified atom stereocenters. The smallest absolute Gasteiger partial charge is 0.337 e. The van der Waals surface area contributed by atoms with Gasteiger partial charge in [-0.1, -0.05) is 11.6 Å². The van der Waals surface area contributed by atoms with Crippen LogP contribution in [0.3, 0.4) is 0 Å². The monoisotopic (exact) mass is 279 g/mol. The highest BCUT2D eigenvalue weighted by atomic mass is 35.5. The fourth-order valence-corrected chi connectivity index (χ4v) is 1.74. The molecule has 2 rings (SSSR count). The van der Waals surface area contributed by atoms with Gasteiger partial charge in [-0.05, 0) is 31.2 Å². The molecule has 1 heterocycles. The molecule has 1 amide bonds. The van der Waals surface area contributed by atoms with Crippen molar-refractivity contribution in [2.75, 3.05) is 5.32 Å². The molecule has 0 bridgehead atoms. The molecule has 19 heavy (non-hydrogen) atoms. The lowest BCUT2D eigenvalue weighted by atomic mass is 10.1. The highest BCUT2D eigenvalue weighted by molar-refractivity contribution is 6.31. The molecule has 0 saturated carbocycles. The summed E-state index contributed by atoms with van der Waals surface area (Å²) in [5.41, 5.74) is 0.427. The van der Waals surface area contributed by atoms with Crippen LogP contribution in [0.4, 0.5) is 5.69 Å². The van der Waals surface area contributed by atoms with Crippen molar-refractivity contribution < 1.29 is 19.1 Å². The van der Waals surface area contributed by atoms with Crippen LogP contribution >= 0.6 is 11.6 Å². The topological polar surface area (TPSA) is 79.5 Å². The zero-order valence-corrected chi connectivity index (χ0v) is 10.7. The van der Waals surface area contributed by atoms with Crippen LogP contribution in [0.1, 0.15) is 26.5 Å². The summed E-state index contributed by atoms with van der Waals surface area (Å²) in [5.74, 6) is -1.01. The van der Waals surface area contributed by atoms with Gasteiger partial charge in [-0.2, -0.15) is 0 Å². The SMILES string of the molecule is Cc1cc(C(=O)Nc2cc(Cl)ccc2C(=O)O)co1. The maximum atomic E-state index is 11.9. The maximum absolute atomic E-state index is 11.9.